The Hall–Kier alpha value is -1.93. The lowest BCUT2D eigenvalue weighted by atomic mass is 9.92. The van der Waals surface area contributed by atoms with Crippen LogP contribution in [0.4, 0.5) is 0 Å². The molecule has 7 nitrogen and oxygen atoms in total. The van der Waals surface area contributed by atoms with Gasteiger partial charge in [0.05, 0.1) is 0 Å². The number of carbonyl (C=O) groups excluding carboxylic acids is 1. The third-order valence-corrected chi connectivity index (χ3v) is 5.31. The molecule has 2 aromatic heterocycles. The summed E-state index contributed by atoms with van der Waals surface area (Å²) in [6.45, 7) is 8.12. The predicted octanol–water partition coefficient (Wildman–Crippen LogP) is 1.56. The standard InChI is InChI=1S/C17H24N4O3S/c1-11-8-12(2)10-20(9-11)5-3-4-18-14(22)13-15(23)19-17-21(16(13)24)6-7-25-17/h6-7,11-12,23H,3-5,8-10H2,1-2H3,(H,18,22)/t11-,12-/m1/s1. The molecule has 0 saturated carbocycles. The number of likely N-dealkylation sites (tertiary alicyclic amines) is 1. The second-order valence-electron chi connectivity index (χ2n) is 6.99. The summed E-state index contributed by atoms with van der Waals surface area (Å²) in [5, 5.41) is 14.3. The number of thiazole rings is 1. The largest absolute Gasteiger partial charge is 0.492 e. The quantitative estimate of drug-likeness (QED) is 0.786. The maximum atomic E-state index is 12.3. The van der Waals surface area contributed by atoms with E-state index in [9.17, 15) is 14.7 Å². The van der Waals surface area contributed by atoms with Crippen LogP contribution in [0, 0.1) is 11.8 Å². The number of aromatic nitrogens is 2. The van der Waals surface area contributed by atoms with Crippen molar-refractivity contribution in [3.63, 3.8) is 0 Å². The molecule has 0 bridgehead atoms. The van der Waals surface area contributed by atoms with E-state index in [1.165, 1.54) is 22.2 Å². The van der Waals surface area contributed by atoms with Gasteiger partial charge in [0.1, 0.15) is 0 Å². The molecule has 1 aliphatic heterocycles. The van der Waals surface area contributed by atoms with E-state index in [0.717, 1.165) is 26.1 Å². The van der Waals surface area contributed by atoms with Crippen LogP contribution in [-0.2, 0) is 0 Å². The van der Waals surface area contributed by atoms with E-state index in [2.05, 4.69) is 29.0 Å². The van der Waals surface area contributed by atoms with Crippen LogP contribution in [0.5, 0.6) is 5.88 Å². The molecule has 1 fully saturated rings. The highest BCUT2D eigenvalue weighted by atomic mass is 32.1. The number of carbonyl (C=O) groups is 1. The minimum Gasteiger partial charge on any atom is -0.492 e. The fraction of sp³-hybridized carbons (Fsp3) is 0.588. The van der Waals surface area contributed by atoms with Gasteiger partial charge in [0.2, 0.25) is 5.88 Å². The highest BCUT2D eigenvalue weighted by Crippen LogP contribution is 2.20. The van der Waals surface area contributed by atoms with Crippen LogP contribution >= 0.6 is 11.3 Å². The third-order valence-electron chi connectivity index (χ3n) is 4.56. The number of hydrogen-bond donors (Lipinski definition) is 2. The van der Waals surface area contributed by atoms with Gasteiger partial charge in [-0.05, 0) is 31.2 Å². The van der Waals surface area contributed by atoms with E-state index in [4.69, 9.17) is 0 Å². The van der Waals surface area contributed by atoms with Crippen LogP contribution in [0.15, 0.2) is 16.4 Å². The van der Waals surface area contributed by atoms with Gasteiger partial charge in [-0.25, -0.2) is 0 Å². The van der Waals surface area contributed by atoms with Gasteiger partial charge in [0.15, 0.2) is 10.5 Å². The number of hydrogen-bond acceptors (Lipinski definition) is 6. The first kappa shape index (κ1) is 17.9. The number of amides is 1. The summed E-state index contributed by atoms with van der Waals surface area (Å²) in [5.41, 5.74) is -0.837. The van der Waals surface area contributed by atoms with Gasteiger partial charge in [-0.2, -0.15) is 4.98 Å². The molecular weight excluding hydrogens is 340 g/mol. The number of nitrogens with zero attached hydrogens (tertiary/aromatic N) is 3. The molecule has 25 heavy (non-hydrogen) atoms. The summed E-state index contributed by atoms with van der Waals surface area (Å²) < 4.78 is 1.27. The molecule has 2 aromatic rings. The normalized spacial score (nSPS) is 21.5. The average Bonchev–Trinajstić information content (AvgIpc) is 2.99. The number of piperidine rings is 1. The third kappa shape index (κ3) is 4.01. The first-order valence-corrected chi connectivity index (χ1v) is 9.53. The van der Waals surface area contributed by atoms with Crippen LogP contribution in [0.1, 0.15) is 37.0 Å². The molecule has 0 aromatic carbocycles. The van der Waals surface area contributed by atoms with Gasteiger partial charge >= 0.3 is 0 Å². The van der Waals surface area contributed by atoms with Crippen molar-refractivity contribution in [2.45, 2.75) is 26.7 Å². The molecule has 0 unspecified atom stereocenters. The Labute approximate surface area is 150 Å². The van der Waals surface area contributed by atoms with E-state index in [1.54, 1.807) is 11.6 Å². The summed E-state index contributed by atoms with van der Waals surface area (Å²) in [7, 11) is 0. The molecule has 3 heterocycles. The highest BCUT2D eigenvalue weighted by Gasteiger charge is 2.22. The Balaban J connectivity index is 1.56. The van der Waals surface area contributed by atoms with Gasteiger partial charge in [-0.1, -0.05) is 13.8 Å². The number of aromatic hydroxyl groups is 1. The molecule has 8 heteroatoms. The summed E-state index contributed by atoms with van der Waals surface area (Å²) >= 11 is 1.23. The van der Waals surface area contributed by atoms with Crippen molar-refractivity contribution < 1.29 is 9.90 Å². The lowest BCUT2D eigenvalue weighted by molar-refractivity contribution is 0.0942. The van der Waals surface area contributed by atoms with Crippen LogP contribution in [-0.4, -0.2) is 51.5 Å². The molecule has 0 radical (unpaired) electrons. The minimum atomic E-state index is -0.573. The van der Waals surface area contributed by atoms with E-state index in [1.807, 2.05) is 0 Å². The summed E-state index contributed by atoms with van der Waals surface area (Å²) in [6, 6.07) is 0. The molecule has 2 atom stereocenters. The summed E-state index contributed by atoms with van der Waals surface area (Å²) in [6.07, 6.45) is 3.63. The SMILES string of the molecule is C[C@@H]1C[C@@H](C)CN(CCCNC(=O)c2c(O)nc3sccn3c2=O)C1. The number of rotatable bonds is 5. The number of nitrogens with one attached hydrogen (secondary N) is 1. The Morgan fingerprint density at radius 1 is 1.40 bits per heavy atom. The Bertz CT molecular complexity index is 806. The zero-order valence-electron chi connectivity index (χ0n) is 14.6. The van der Waals surface area contributed by atoms with Crippen molar-refractivity contribution in [2.24, 2.45) is 11.8 Å². The molecule has 3 rings (SSSR count). The van der Waals surface area contributed by atoms with Gasteiger partial charge in [0.25, 0.3) is 11.5 Å². The van der Waals surface area contributed by atoms with Crippen molar-refractivity contribution in [1.29, 1.82) is 0 Å². The van der Waals surface area contributed by atoms with Gasteiger partial charge in [-0.15, -0.1) is 11.3 Å². The zero-order chi connectivity index (χ0) is 18.0. The zero-order valence-corrected chi connectivity index (χ0v) is 15.4. The first-order valence-electron chi connectivity index (χ1n) is 8.65. The highest BCUT2D eigenvalue weighted by molar-refractivity contribution is 7.15. The van der Waals surface area contributed by atoms with Gasteiger partial charge in [0, 0.05) is 31.2 Å². The Morgan fingerprint density at radius 3 is 2.84 bits per heavy atom. The minimum absolute atomic E-state index is 0.295. The molecule has 1 amide bonds. The van der Waals surface area contributed by atoms with E-state index >= 15 is 0 Å². The summed E-state index contributed by atoms with van der Waals surface area (Å²) in [4.78, 5) is 31.3. The molecule has 2 N–H and O–H groups in total. The van der Waals surface area contributed by atoms with E-state index < -0.39 is 17.3 Å². The van der Waals surface area contributed by atoms with E-state index in [0.29, 0.717) is 23.3 Å². The fourth-order valence-electron chi connectivity index (χ4n) is 3.64. The molecule has 0 aliphatic carbocycles. The van der Waals surface area contributed by atoms with Crippen LogP contribution in [0.3, 0.4) is 0 Å². The maximum Gasteiger partial charge on any atom is 0.275 e. The van der Waals surface area contributed by atoms with Crippen molar-refractivity contribution in [1.82, 2.24) is 19.6 Å². The van der Waals surface area contributed by atoms with Crippen LogP contribution in [0.25, 0.3) is 4.96 Å². The first-order chi connectivity index (χ1) is 12.0. The topological polar surface area (TPSA) is 86.9 Å². The fourth-order valence-corrected chi connectivity index (χ4v) is 4.34. The average molecular weight is 364 g/mol. The van der Waals surface area contributed by atoms with Gasteiger partial charge < -0.3 is 15.3 Å². The molecule has 1 aliphatic rings. The molecule has 136 valence electrons. The maximum absolute atomic E-state index is 12.3. The lowest BCUT2D eigenvalue weighted by Gasteiger charge is -2.34. The van der Waals surface area contributed by atoms with Crippen molar-refractivity contribution in [3.8, 4) is 5.88 Å². The van der Waals surface area contributed by atoms with Gasteiger partial charge in [-0.3, -0.25) is 14.0 Å². The van der Waals surface area contributed by atoms with E-state index in [-0.39, 0.29) is 5.56 Å². The predicted molar refractivity (Wildman–Crippen MR) is 97.3 cm³/mol. The number of fused-ring (bicyclic) bond motifs is 1. The monoisotopic (exact) mass is 364 g/mol. The smallest absolute Gasteiger partial charge is 0.275 e. The lowest BCUT2D eigenvalue weighted by Crippen LogP contribution is -2.40. The van der Waals surface area contributed by atoms with Crippen molar-refractivity contribution in [2.75, 3.05) is 26.2 Å². The van der Waals surface area contributed by atoms with Crippen LogP contribution < -0.4 is 10.9 Å². The summed E-state index contributed by atoms with van der Waals surface area (Å²) in [5.74, 6) is 0.331. The van der Waals surface area contributed by atoms with Crippen molar-refractivity contribution >= 4 is 22.2 Å². The second-order valence-corrected chi connectivity index (χ2v) is 7.86. The van der Waals surface area contributed by atoms with Crippen LogP contribution in [0.2, 0.25) is 0 Å². The molecular formula is C17H24N4O3S. The molecule has 1 saturated heterocycles. The Kier molecular flexibility index (Phi) is 5.39. The van der Waals surface area contributed by atoms with Crippen molar-refractivity contribution in [3.05, 3.63) is 27.5 Å². The second kappa shape index (κ2) is 7.53. The molecule has 0 spiro atoms. The Morgan fingerprint density at radius 2 is 2.12 bits per heavy atom.